The number of ether oxygens (including phenoxy) is 2. The van der Waals surface area contributed by atoms with E-state index >= 15 is 0 Å². The van der Waals surface area contributed by atoms with E-state index in [1.807, 2.05) is 6.07 Å². The van der Waals surface area contributed by atoms with E-state index in [0.717, 1.165) is 24.3 Å². The molecule has 0 aromatic heterocycles. The number of rotatable bonds is 0. The van der Waals surface area contributed by atoms with Crippen LogP contribution in [0.4, 0.5) is 0 Å². The number of aromatic hydroxyl groups is 1. The van der Waals surface area contributed by atoms with Crippen molar-refractivity contribution in [3.05, 3.63) is 23.8 Å². The zero-order valence-electron chi connectivity index (χ0n) is 7.06. The molecule has 3 rings (SSSR count). The molecule has 2 heterocycles. The van der Waals surface area contributed by atoms with Crippen molar-refractivity contribution in [2.45, 2.75) is 18.6 Å². The van der Waals surface area contributed by atoms with Crippen molar-refractivity contribution in [2.75, 3.05) is 6.61 Å². The van der Waals surface area contributed by atoms with Gasteiger partial charge in [-0.15, -0.1) is 0 Å². The van der Waals surface area contributed by atoms with Crippen molar-refractivity contribution in [3.8, 4) is 11.5 Å². The van der Waals surface area contributed by atoms with Crippen molar-refractivity contribution in [2.24, 2.45) is 0 Å². The van der Waals surface area contributed by atoms with Gasteiger partial charge in [0.1, 0.15) is 11.5 Å². The summed E-state index contributed by atoms with van der Waals surface area (Å²) in [5, 5.41) is 9.64. The topological polar surface area (TPSA) is 38.7 Å². The second-order valence-electron chi connectivity index (χ2n) is 3.44. The van der Waals surface area contributed by atoms with E-state index in [-0.39, 0.29) is 12.2 Å². The number of phenolic OH excluding ortho intramolecular Hbond substituents is 1. The molecule has 1 aromatic carbocycles. The van der Waals surface area contributed by atoms with Crippen LogP contribution in [-0.4, -0.2) is 18.0 Å². The predicted octanol–water partition coefficient (Wildman–Crippen LogP) is 1.61. The fraction of sp³-hybridized carbons (Fsp3) is 0.400. The maximum absolute atomic E-state index is 9.64. The Labute approximate surface area is 75.9 Å². The molecule has 0 spiro atoms. The van der Waals surface area contributed by atoms with Crippen LogP contribution < -0.4 is 4.74 Å². The number of phenols is 1. The quantitative estimate of drug-likeness (QED) is 0.656. The summed E-state index contributed by atoms with van der Waals surface area (Å²) >= 11 is 0. The molecule has 0 unspecified atom stereocenters. The molecule has 2 aliphatic heterocycles. The van der Waals surface area contributed by atoms with E-state index in [2.05, 4.69) is 0 Å². The fourth-order valence-corrected chi connectivity index (χ4v) is 2.09. The number of benzene rings is 1. The summed E-state index contributed by atoms with van der Waals surface area (Å²) in [6, 6.07) is 5.36. The molecule has 2 atom stereocenters. The number of hydrogen-bond acceptors (Lipinski definition) is 3. The highest BCUT2D eigenvalue weighted by molar-refractivity contribution is 5.49. The minimum absolute atomic E-state index is 0.164. The summed E-state index contributed by atoms with van der Waals surface area (Å²) in [5.74, 6) is 1.33. The van der Waals surface area contributed by atoms with Gasteiger partial charge in [0.2, 0.25) is 6.29 Å². The molecule has 0 radical (unpaired) electrons. The van der Waals surface area contributed by atoms with Crippen LogP contribution in [0.5, 0.6) is 11.5 Å². The Kier molecular flexibility index (Phi) is 1.32. The molecule has 0 saturated carbocycles. The van der Waals surface area contributed by atoms with Gasteiger partial charge in [-0.25, -0.2) is 0 Å². The van der Waals surface area contributed by atoms with E-state index in [1.165, 1.54) is 0 Å². The largest absolute Gasteiger partial charge is 0.508 e. The summed E-state index contributed by atoms with van der Waals surface area (Å²) < 4.78 is 10.9. The summed E-state index contributed by atoms with van der Waals surface area (Å²) in [5.41, 5.74) is 0.921. The van der Waals surface area contributed by atoms with E-state index < -0.39 is 0 Å². The van der Waals surface area contributed by atoms with Crippen molar-refractivity contribution in [1.82, 2.24) is 0 Å². The van der Waals surface area contributed by atoms with Crippen LogP contribution in [0.2, 0.25) is 0 Å². The minimum atomic E-state index is -0.164. The molecule has 68 valence electrons. The highest BCUT2D eigenvalue weighted by Gasteiger charge is 2.40. The Morgan fingerprint density at radius 3 is 3.23 bits per heavy atom. The Morgan fingerprint density at radius 2 is 2.31 bits per heavy atom. The number of fused-ring (bicyclic) bond motifs is 3. The summed E-state index contributed by atoms with van der Waals surface area (Å²) in [6.07, 6.45) is 0.776. The monoisotopic (exact) mass is 178 g/mol. The molecule has 0 amide bonds. The predicted molar refractivity (Wildman–Crippen MR) is 45.8 cm³/mol. The fourth-order valence-electron chi connectivity index (χ4n) is 2.09. The normalized spacial score (nSPS) is 29.5. The van der Waals surface area contributed by atoms with Gasteiger partial charge in [0.05, 0.1) is 12.5 Å². The third-order valence-corrected chi connectivity index (χ3v) is 2.70. The van der Waals surface area contributed by atoms with Crippen LogP contribution in [0.3, 0.4) is 0 Å². The van der Waals surface area contributed by atoms with Gasteiger partial charge >= 0.3 is 0 Å². The Morgan fingerprint density at radius 1 is 1.38 bits per heavy atom. The zero-order chi connectivity index (χ0) is 8.84. The molecule has 13 heavy (non-hydrogen) atoms. The van der Waals surface area contributed by atoms with E-state index in [0.29, 0.717) is 5.75 Å². The second-order valence-corrected chi connectivity index (χ2v) is 3.44. The molecular formula is C10H10O3. The van der Waals surface area contributed by atoms with Crippen LogP contribution in [-0.2, 0) is 4.74 Å². The van der Waals surface area contributed by atoms with Gasteiger partial charge in [0, 0.05) is 5.56 Å². The van der Waals surface area contributed by atoms with Crippen LogP contribution >= 0.6 is 0 Å². The maximum Gasteiger partial charge on any atom is 0.207 e. The lowest BCUT2D eigenvalue weighted by Gasteiger charge is -2.06. The smallest absolute Gasteiger partial charge is 0.207 e. The van der Waals surface area contributed by atoms with E-state index in [4.69, 9.17) is 9.47 Å². The van der Waals surface area contributed by atoms with Gasteiger partial charge in [0.15, 0.2) is 0 Å². The van der Waals surface area contributed by atoms with Crippen LogP contribution in [0, 0.1) is 0 Å². The first kappa shape index (κ1) is 7.21. The molecular weight excluding hydrogens is 168 g/mol. The van der Waals surface area contributed by atoms with Gasteiger partial charge in [0.25, 0.3) is 0 Å². The first-order chi connectivity index (χ1) is 6.36. The van der Waals surface area contributed by atoms with Gasteiger partial charge in [-0.3, -0.25) is 0 Å². The van der Waals surface area contributed by atoms with E-state index in [9.17, 15) is 5.11 Å². The van der Waals surface area contributed by atoms with Gasteiger partial charge < -0.3 is 14.6 Å². The van der Waals surface area contributed by atoms with Crippen LogP contribution in [0.15, 0.2) is 18.2 Å². The van der Waals surface area contributed by atoms with Gasteiger partial charge in [-0.1, -0.05) is 6.07 Å². The summed E-state index contributed by atoms with van der Waals surface area (Å²) in [6.45, 7) is 0.725. The SMILES string of the molecule is Oc1cccc2c1[C@@H]1CCO[C@@H]1O2. The minimum Gasteiger partial charge on any atom is -0.508 e. The van der Waals surface area contributed by atoms with Crippen LogP contribution in [0.25, 0.3) is 0 Å². The van der Waals surface area contributed by atoms with Crippen molar-refractivity contribution < 1.29 is 14.6 Å². The van der Waals surface area contributed by atoms with Crippen molar-refractivity contribution in [3.63, 3.8) is 0 Å². The van der Waals surface area contributed by atoms with Crippen LogP contribution in [0.1, 0.15) is 17.9 Å². The summed E-state index contributed by atoms with van der Waals surface area (Å²) in [4.78, 5) is 0. The molecule has 0 aliphatic carbocycles. The molecule has 1 N–H and O–H groups in total. The maximum atomic E-state index is 9.64. The first-order valence-corrected chi connectivity index (χ1v) is 4.46. The lowest BCUT2D eigenvalue weighted by Crippen LogP contribution is -2.13. The highest BCUT2D eigenvalue weighted by atomic mass is 16.7. The van der Waals surface area contributed by atoms with Gasteiger partial charge in [-0.2, -0.15) is 0 Å². The van der Waals surface area contributed by atoms with Gasteiger partial charge in [-0.05, 0) is 18.6 Å². The molecule has 1 aromatic rings. The Balaban J connectivity index is 2.14. The Hall–Kier alpha value is -1.22. The zero-order valence-corrected chi connectivity index (χ0v) is 7.06. The third kappa shape index (κ3) is 0.877. The molecule has 1 saturated heterocycles. The lowest BCUT2D eigenvalue weighted by molar-refractivity contribution is -0.0337. The second kappa shape index (κ2) is 2.39. The Bertz CT molecular complexity index is 348. The summed E-state index contributed by atoms with van der Waals surface area (Å²) in [7, 11) is 0. The molecule has 2 aliphatic rings. The number of hydrogen-bond donors (Lipinski definition) is 1. The average molecular weight is 178 g/mol. The highest BCUT2D eigenvalue weighted by Crippen LogP contribution is 2.47. The molecule has 3 nitrogen and oxygen atoms in total. The standard InChI is InChI=1S/C10H10O3/c11-7-2-1-3-8-9(7)6-4-5-12-10(6)13-8/h1-3,6,10-11H,4-5H2/t6-,10+/m0/s1. The lowest BCUT2D eigenvalue weighted by atomic mass is 9.98. The van der Waals surface area contributed by atoms with E-state index in [1.54, 1.807) is 12.1 Å². The van der Waals surface area contributed by atoms with Crippen molar-refractivity contribution in [1.29, 1.82) is 0 Å². The van der Waals surface area contributed by atoms with Crippen molar-refractivity contribution >= 4 is 0 Å². The first-order valence-electron chi connectivity index (χ1n) is 4.46. The molecule has 3 heteroatoms. The molecule has 1 fully saturated rings. The average Bonchev–Trinajstić information content (AvgIpc) is 2.62. The third-order valence-electron chi connectivity index (χ3n) is 2.70. The molecule has 0 bridgehead atoms.